The molecule has 119 heavy (non-hydrogen) atoms. The van der Waals surface area contributed by atoms with E-state index in [0.717, 1.165) is 0 Å². The Morgan fingerprint density at radius 1 is 0.143 bits per heavy atom. The van der Waals surface area contributed by atoms with Crippen molar-refractivity contribution in [2.24, 2.45) is 32.5 Å². The van der Waals surface area contributed by atoms with Gasteiger partial charge in [-0.1, -0.05) is 96.9 Å². The van der Waals surface area contributed by atoms with E-state index in [1.807, 2.05) is 83.1 Å². The van der Waals surface area contributed by atoms with Crippen LogP contribution in [-0.4, -0.2) is 257 Å². The lowest BCUT2D eigenvalue weighted by molar-refractivity contribution is -0.179. The average molecular weight is 1710 g/mol. The van der Waals surface area contributed by atoms with E-state index in [1.54, 1.807) is 13.8 Å². The Hall–Kier alpha value is -6.68. The van der Waals surface area contributed by atoms with Gasteiger partial charge in [-0.15, -0.1) is 0 Å². The Labute approximate surface area is 708 Å². The van der Waals surface area contributed by atoms with Gasteiger partial charge in [-0.3, -0.25) is 57.5 Å². The summed E-state index contributed by atoms with van der Waals surface area (Å²) in [4.78, 5) is 161. The fourth-order valence-electron chi connectivity index (χ4n) is 11.3. The third kappa shape index (κ3) is 53.8. The maximum atomic E-state index is 14.4. The van der Waals surface area contributed by atoms with Crippen LogP contribution in [0, 0.1) is 32.5 Å². The summed E-state index contributed by atoms with van der Waals surface area (Å²) in [7, 11) is 0. The zero-order valence-electron chi connectivity index (χ0n) is 75.0. The molecule has 0 aliphatic rings. The summed E-state index contributed by atoms with van der Waals surface area (Å²) in [6, 6.07) is 0. The number of hydrogen-bond acceptors (Lipinski definition) is 32. The van der Waals surface area contributed by atoms with E-state index in [1.165, 1.54) is 0 Å². The van der Waals surface area contributed by atoms with Crippen LogP contribution in [0.5, 0.6) is 0 Å². The van der Waals surface area contributed by atoms with Gasteiger partial charge < -0.3 is 94.7 Å². The topological polar surface area (TPSA) is 389 Å². The second-order valence-electron chi connectivity index (χ2n) is 31.5. The third-order valence-corrected chi connectivity index (χ3v) is 18.1. The minimum Gasteiger partial charge on any atom is -0.465 e. The molecule has 0 amide bonds. The van der Waals surface area contributed by atoms with Gasteiger partial charge in [-0.05, 0) is 96.3 Å². The van der Waals surface area contributed by atoms with Gasteiger partial charge in [0.25, 0.3) is 0 Å². The van der Waals surface area contributed by atoms with E-state index >= 15 is 0 Å². The molecule has 0 aromatic carbocycles. The summed E-state index contributed by atoms with van der Waals surface area (Å²) < 4.78 is 122. The van der Waals surface area contributed by atoms with Crippen molar-refractivity contribution in [1.82, 2.24) is 0 Å². The van der Waals surface area contributed by atoms with Crippen molar-refractivity contribution < 1.29 is 152 Å². The van der Waals surface area contributed by atoms with Gasteiger partial charge in [0.1, 0.15) is 79.3 Å². The lowest BCUT2D eigenvalue weighted by Gasteiger charge is -2.37. The lowest BCUT2D eigenvalue weighted by atomic mass is 9.89. The van der Waals surface area contributed by atoms with E-state index in [-0.39, 0.29) is 203 Å². The molecule has 0 rings (SSSR count). The molecule has 0 aromatic heterocycles. The Morgan fingerprint density at radius 3 is 0.361 bits per heavy atom. The van der Waals surface area contributed by atoms with E-state index in [2.05, 4.69) is 0 Å². The van der Waals surface area contributed by atoms with Gasteiger partial charge in [0, 0.05) is 103 Å². The molecule has 0 spiro atoms. The number of hydrogen-bond donors (Lipinski definition) is 0. The minimum atomic E-state index is -1.63. The van der Waals surface area contributed by atoms with Gasteiger partial charge in [0.15, 0.2) is 0 Å². The molecule has 0 heterocycles. The molecule has 32 nitrogen and oxygen atoms in total. The van der Waals surface area contributed by atoms with Gasteiger partial charge in [0.05, 0.1) is 112 Å². The molecule has 0 saturated carbocycles. The molecule has 0 N–H and O–H groups in total. The van der Waals surface area contributed by atoms with Crippen molar-refractivity contribution in [2.75, 3.05) is 185 Å². The summed E-state index contributed by atoms with van der Waals surface area (Å²) in [5.74, 6) is -7.10. The molecule has 32 heteroatoms. The molecule has 0 fully saturated rings. The number of carbonyl (C=O) groups excluding carboxylic acids is 12. The summed E-state index contributed by atoms with van der Waals surface area (Å²) >= 11 is 0. The molecule has 0 aliphatic carbocycles. The number of esters is 12. The van der Waals surface area contributed by atoms with Crippen LogP contribution in [0.25, 0.3) is 0 Å². The first kappa shape index (κ1) is 112. The molecule has 0 bridgehead atoms. The van der Waals surface area contributed by atoms with Crippen molar-refractivity contribution in [3.05, 3.63) is 0 Å². The zero-order chi connectivity index (χ0) is 89.0. The fraction of sp³-hybridized carbons (Fsp3) is 0.862. The highest BCUT2D eigenvalue weighted by atomic mass is 16.6. The maximum Gasteiger partial charge on any atom is 0.305 e. The van der Waals surface area contributed by atoms with Gasteiger partial charge in [-0.2, -0.15) is 0 Å². The first-order valence-electron chi connectivity index (χ1n) is 43.6. The highest BCUT2D eigenvalue weighted by Crippen LogP contribution is 2.32. The van der Waals surface area contributed by atoms with E-state index in [9.17, 15) is 57.5 Å². The number of rotatable bonds is 80. The summed E-state index contributed by atoms with van der Waals surface area (Å²) in [6.45, 7) is 18.7. The maximum absolute atomic E-state index is 14.4. The van der Waals surface area contributed by atoms with Crippen LogP contribution in [0.1, 0.15) is 270 Å². The third-order valence-electron chi connectivity index (χ3n) is 18.1. The van der Waals surface area contributed by atoms with Gasteiger partial charge in [0.2, 0.25) is 0 Å². The first-order chi connectivity index (χ1) is 57.1. The second kappa shape index (κ2) is 68.8. The van der Waals surface area contributed by atoms with Crippen molar-refractivity contribution in [2.45, 2.75) is 270 Å². The van der Waals surface area contributed by atoms with Crippen LogP contribution in [0.2, 0.25) is 0 Å². The minimum absolute atomic E-state index is 0.0111. The predicted molar refractivity (Wildman–Crippen MR) is 437 cm³/mol. The normalized spacial score (nSPS) is 11.9. The van der Waals surface area contributed by atoms with Crippen molar-refractivity contribution in [3.8, 4) is 0 Å². The molecular formula is C87H152O32. The van der Waals surface area contributed by atoms with Crippen LogP contribution in [0.15, 0.2) is 0 Å². The van der Waals surface area contributed by atoms with E-state index in [4.69, 9.17) is 94.7 Å². The summed E-state index contributed by atoms with van der Waals surface area (Å²) in [5.41, 5.74) is -8.56. The summed E-state index contributed by atoms with van der Waals surface area (Å²) in [6.07, 6.45) is 6.72. The molecule has 0 unspecified atom stereocenters. The first-order valence-corrected chi connectivity index (χ1v) is 43.6. The molecule has 0 radical (unpaired) electrons. The molecule has 0 aromatic rings. The highest BCUT2D eigenvalue weighted by Gasteiger charge is 2.45. The summed E-state index contributed by atoms with van der Waals surface area (Å²) in [5, 5.41) is 0. The molecule has 692 valence electrons. The van der Waals surface area contributed by atoms with Gasteiger partial charge in [-0.25, -0.2) is 0 Å². The van der Waals surface area contributed by atoms with Gasteiger partial charge >= 0.3 is 71.6 Å². The van der Waals surface area contributed by atoms with Crippen LogP contribution >= 0.6 is 0 Å². The van der Waals surface area contributed by atoms with E-state index < -0.39 is 170 Å². The standard InChI is InChI=1S/C87H152O32/c1-15-30-70(88)108-58-82(46-100-42-25-11,59-109-71(89)31-16-2)50-104-54-86(66-116-78(96)38-23-9,55-105-51-83(47-101-43-26-12,60-110-72(90)32-17-3)61-111-73(91)33-18-4)68-118-80(98)40-29-41-81(99)119-69-87(67-117-79(97)39-24-10,56-106-52-84(48-102-44-27-13,62-112-74(92)34-19-5)63-113-75(93)35-20-6)57-107-53-85(49-103-45-28-14,64-114-76(94)36-21-7)65-115-77(95)37-22-8/h15-69H2,1-14H3. The highest BCUT2D eigenvalue weighted by molar-refractivity contribution is 5.74. The van der Waals surface area contributed by atoms with Crippen LogP contribution in [-0.2, 0) is 152 Å². The van der Waals surface area contributed by atoms with E-state index in [0.29, 0.717) is 89.9 Å². The van der Waals surface area contributed by atoms with Crippen LogP contribution in [0.4, 0.5) is 0 Å². The number of ether oxygens (including phenoxy) is 20. The van der Waals surface area contributed by atoms with Crippen molar-refractivity contribution in [1.29, 1.82) is 0 Å². The molecular weight excluding hydrogens is 1560 g/mol. The predicted octanol–water partition coefficient (Wildman–Crippen LogP) is 12.4. The smallest absolute Gasteiger partial charge is 0.305 e. The lowest BCUT2D eigenvalue weighted by Crippen LogP contribution is -2.48. The Balaban J connectivity index is 8.43. The zero-order valence-corrected chi connectivity index (χ0v) is 75.0. The van der Waals surface area contributed by atoms with Crippen molar-refractivity contribution >= 4 is 71.6 Å². The SMILES string of the molecule is CCCOCC(COCC(COCC(COCCC)(COC(=O)CCC)COC(=O)CCC)(COC(=O)CCC)COC(=O)CCCC(=O)OCC(COCC(COCCC)(COC(=O)CCC)COC(=O)CCC)(COCC(COCCC)(COC(=O)CCC)COC(=O)CCC)COC(=O)CCC)(COC(=O)CCC)COC(=O)CCC. The molecule has 0 atom stereocenters. The monoisotopic (exact) mass is 1710 g/mol. The average Bonchev–Trinajstić information content (AvgIpc) is 0.840. The largest absolute Gasteiger partial charge is 0.465 e. The molecule has 0 saturated heterocycles. The quantitative estimate of drug-likeness (QED) is 0.0310. The van der Waals surface area contributed by atoms with Crippen molar-refractivity contribution in [3.63, 3.8) is 0 Å². The van der Waals surface area contributed by atoms with Crippen LogP contribution < -0.4 is 0 Å². The Kier molecular flexibility index (Phi) is 64.9. The number of carbonyl (C=O) groups is 12. The molecule has 0 aliphatic heterocycles. The van der Waals surface area contributed by atoms with Crippen LogP contribution in [0.3, 0.4) is 0 Å². The Bertz CT molecular complexity index is 2380. The Morgan fingerprint density at radius 2 is 0.252 bits per heavy atom. The second-order valence-corrected chi connectivity index (χ2v) is 31.5. The fourth-order valence-corrected chi connectivity index (χ4v) is 11.3.